The molecule has 1 aliphatic heterocycles. The molecule has 1 saturated heterocycles. The Balaban J connectivity index is 1.33. The highest BCUT2D eigenvalue weighted by Gasteiger charge is 2.24. The molecule has 0 amide bonds. The minimum atomic E-state index is -2.61. The van der Waals surface area contributed by atoms with E-state index in [4.69, 9.17) is 0 Å². The number of anilines is 1. The SMILES string of the molecule is CC[C@@H](CC[C@H](c1ccccc1)[SH](=O)=O)NCc1cc(F)c(N2CCC(n3cnnc3)CC2)cc1F. The van der Waals surface area contributed by atoms with Gasteiger partial charge in [-0.2, -0.15) is 0 Å². The van der Waals surface area contributed by atoms with Crippen molar-refractivity contribution in [3.05, 3.63) is 77.9 Å². The van der Waals surface area contributed by atoms with Gasteiger partial charge in [0.05, 0.1) is 10.9 Å². The van der Waals surface area contributed by atoms with Crippen LogP contribution in [0.25, 0.3) is 0 Å². The molecule has 0 bridgehead atoms. The Bertz CT molecular complexity index is 1170. The van der Waals surface area contributed by atoms with Gasteiger partial charge in [0.15, 0.2) is 0 Å². The summed E-state index contributed by atoms with van der Waals surface area (Å²) in [6.45, 7) is 3.42. The second kappa shape index (κ2) is 12.4. The van der Waals surface area contributed by atoms with Crippen LogP contribution in [0.4, 0.5) is 14.5 Å². The minimum absolute atomic E-state index is 0.00926. The maximum absolute atomic E-state index is 15.0. The van der Waals surface area contributed by atoms with Crippen LogP contribution in [0.2, 0.25) is 0 Å². The fraction of sp³-hybridized carbons (Fsp3) is 0.462. The van der Waals surface area contributed by atoms with E-state index in [1.54, 1.807) is 12.7 Å². The second-order valence-electron chi connectivity index (χ2n) is 9.30. The average Bonchev–Trinajstić information content (AvgIpc) is 3.43. The van der Waals surface area contributed by atoms with Gasteiger partial charge >= 0.3 is 0 Å². The first-order valence-electron chi connectivity index (χ1n) is 12.4. The zero-order valence-corrected chi connectivity index (χ0v) is 21.3. The molecule has 3 aromatic rings. The van der Waals surface area contributed by atoms with Crippen LogP contribution in [-0.2, 0) is 17.2 Å². The molecule has 4 rings (SSSR count). The fourth-order valence-electron chi connectivity index (χ4n) is 4.89. The van der Waals surface area contributed by atoms with Crippen LogP contribution in [0.3, 0.4) is 0 Å². The normalized spacial score (nSPS) is 16.4. The van der Waals surface area contributed by atoms with E-state index in [1.165, 1.54) is 12.1 Å². The summed E-state index contributed by atoms with van der Waals surface area (Å²) < 4.78 is 55.5. The summed E-state index contributed by atoms with van der Waals surface area (Å²) >= 11 is 0. The second-order valence-corrected chi connectivity index (χ2v) is 10.5. The molecule has 1 aliphatic rings. The van der Waals surface area contributed by atoms with Crippen molar-refractivity contribution < 1.29 is 17.2 Å². The predicted octanol–water partition coefficient (Wildman–Crippen LogP) is 4.40. The van der Waals surface area contributed by atoms with E-state index in [9.17, 15) is 17.2 Å². The van der Waals surface area contributed by atoms with Crippen LogP contribution in [0.5, 0.6) is 0 Å². The number of rotatable bonds is 11. The van der Waals surface area contributed by atoms with Crippen LogP contribution < -0.4 is 10.2 Å². The Morgan fingerprint density at radius 3 is 2.36 bits per heavy atom. The molecule has 0 aliphatic carbocycles. The zero-order valence-electron chi connectivity index (χ0n) is 20.4. The lowest BCUT2D eigenvalue weighted by molar-refractivity contribution is 0.392. The molecule has 7 nitrogen and oxygen atoms in total. The lowest BCUT2D eigenvalue weighted by atomic mass is 10.0. The Kier molecular flexibility index (Phi) is 9.03. The van der Waals surface area contributed by atoms with Crippen LogP contribution in [0.1, 0.15) is 61.4 Å². The molecule has 1 fully saturated rings. The van der Waals surface area contributed by atoms with Gasteiger partial charge in [0, 0.05) is 43.3 Å². The van der Waals surface area contributed by atoms with Gasteiger partial charge in [-0.15, -0.1) is 10.2 Å². The van der Waals surface area contributed by atoms with Crippen molar-refractivity contribution in [2.45, 2.75) is 62.9 Å². The van der Waals surface area contributed by atoms with Crippen molar-refractivity contribution in [1.82, 2.24) is 20.1 Å². The number of hydrogen-bond donors (Lipinski definition) is 2. The molecule has 0 unspecified atom stereocenters. The van der Waals surface area contributed by atoms with Crippen molar-refractivity contribution in [3.8, 4) is 0 Å². The molecule has 2 atom stereocenters. The number of nitrogens with one attached hydrogen (secondary N) is 1. The van der Waals surface area contributed by atoms with Gasteiger partial charge in [0.25, 0.3) is 0 Å². The highest BCUT2D eigenvalue weighted by atomic mass is 32.2. The number of aromatic nitrogens is 3. The van der Waals surface area contributed by atoms with Crippen molar-refractivity contribution in [1.29, 1.82) is 0 Å². The van der Waals surface area contributed by atoms with Gasteiger partial charge in [0.2, 0.25) is 0 Å². The molecule has 1 aromatic heterocycles. The van der Waals surface area contributed by atoms with Gasteiger partial charge in [-0.25, -0.2) is 17.2 Å². The van der Waals surface area contributed by atoms with E-state index in [0.29, 0.717) is 25.9 Å². The first-order chi connectivity index (χ1) is 17.5. The van der Waals surface area contributed by atoms with Gasteiger partial charge in [0.1, 0.15) is 35.0 Å². The lowest BCUT2D eigenvalue weighted by Crippen LogP contribution is -2.35. The number of benzene rings is 2. The Hall–Kier alpha value is -2.85. The van der Waals surface area contributed by atoms with Crippen LogP contribution in [0.15, 0.2) is 55.1 Å². The average molecular weight is 518 g/mol. The van der Waals surface area contributed by atoms with Gasteiger partial charge in [-0.3, -0.25) is 0 Å². The predicted molar refractivity (Wildman–Crippen MR) is 137 cm³/mol. The maximum atomic E-state index is 15.0. The summed E-state index contributed by atoms with van der Waals surface area (Å²) in [4.78, 5) is 1.89. The molecule has 2 aromatic carbocycles. The molecule has 0 radical (unpaired) electrons. The Morgan fingerprint density at radius 2 is 1.72 bits per heavy atom. The van der Waals surface area contributed by atoms with Gasteiger partial charge in [-0.05, 0) is 43.7 Å². The molecule has 0 spiro atoms. The van der Waals surface area contributed by atoms with Crippen LogP contribution in [0, 0.1) is 11.6 Å². The molecular formula is C26H33F2N5O2S. The highest BCUT2D eigenvalue weighted by molar-refractivity contribution is 7.72. The summed E-state index contributed by atoms with van der Waals surface area (Å²) in [5, 5.41) is 10.4. The summed E-state index contributed by atoms with van der Waals surface area (Å²) in [5.74, 6) is -0.879. The van der Waals surface area contributed by atoms with Gasteiger partial charge < -0.3 is 14.8 Å². The first-order valence-corrected chi connectivity index (χ1v) is 13.7. The monoisotopic (exact) mass is 517 g/mol. The van der Waals surface area contributed by atoms with Crippen LogP contribution in [-0.4, -0.2) is 42.3 Å². The molecule has 194 valence electrons. The molecule has 1 N–H and O–H groups in total. The molecular weight excluding hydrogens is 484 g/mol. The number of hydrogen-bond acceptors (Lipinski definition) is 6. The van der Waals surface area contributed by atoms with Crippen molar-refractivity contribution in [2.75, 3.05) is 18.0 Å². The van der Waals surface area contributed by atoms with Crippen molar-refractivity contribution in [3.63, 3.8) is 0 Å². The van der Waals surface area contributed by atoms with E-state index in [0.717, 1.165) is 24.8 Å². The molecule has 2 heterocycles. The number of halogens is 2. The Morgan fingerprint density at radius 1 is 1.03 bits per heavy atom. The van der Waals surface area contributed by atoms with E-state index in [1.807, 2.05) is 46.7 Å². The van der Waals surface area contributed by atoms with E-state index in [2.05, 4.69) is 15.5 Å². The highest BCUT2D eigenvalue weighted by Crippen LogP contribution is 2.30. The van der Waals surface area contributed by atoms with Crippen LogP contribution >= 0.6 is 0 Å². The van der Waals surface area contributed by atoms with Crippen molar-refractivity contribution >= 4 is 16.4 Å². The van der Waals surface area contributed by atoms with Crippen molar-refractivity contribution in [2.24, 2.45) is 0 Å². The third-order valence-corrected chi connectivity index (χ3v) is 8.15. The zero-order chi connectivity index (χ0) is 25.5. The third-order valence-electron chi connectivity index (χ3n) is 7.08. The van der Waals surface area contributed by atoms with E-state index >= 15 is 0 Å². The maximum Gasteiger partial charge on any atom is 0.147 e. The largest absolute Gasteiger partial charge is 0.369 e. The topological polar surface area (TPSA) is 80.1 Å². The third kappa shape index (κ3) is 6.47. The lowest BCUT2D eigenvalue weighted by Gasteiger charge is -2.34. The summed E-state index contributed by atoms with van der Waals surface area (Å²) in [5.41, 5.74) is 1.33. The van der Waals surface area contributed by atoms with E-state index < -0.39 is 27.6 Å². The molecule has 0 saturated carbocycles. The summed E-state index contributed by atoms with van der Waals surface area (Å²) in [6, 6.07) is 12.0. The number of thiol groups is 1. The minimum Gasteiger partial charge on any atom is -0.369 e. The quantitative estimate of drug-likeness (QED) is 0.367. The number of nitrogens with zero attached hydrogens (tertiary/aromatic N) is 4. The van der Waals surface area contributed by atoms with Gasteiger partial charge in [-0.1, -0.05) is 37.3 Å². The standard InChI is InChI=1S/C26H33F2N5O2S/c1-2-21(8-9-26(36(34)35)19-6-4-3-5-7-19)29-16-20-14-24(28)25(15-23(20)27)32-12-10-22(11-13-32)33-17-30-31-18-33/h3-7,14-15,17-18,21-22,26,29,36H,2,8-13,16H2,1H3/t21-,26+/m0/s1. The Labute approximate surface area is 212 Å². The fourth-order valence-corrected chi connectivity index (χ4v) is 5.67. The first kappa shape index (κ1) is 26.2. The number of piperidine rings is 1. The summed E-state index contributed by atoms with van der Waals surface area (Å²) in [6.07, 6.45) is 6.82. The molecule has 10 heteroatoms. The smallest absolute Gasteiger partial charge is 0.147 e. The van der Waals surface area contributed by atoms with E-state index in [-0.39, 0.29) is 29.9 Å². The molecule has 36 heavy (non-hydrogen) atoms. The summed E-state index contributed by atoms with van der Waals surface area (Å²) in [7, 11) is -2.61.